The number of carbonyl (C=O) groups excluding carboxylic acids is 2. The molecule has 2 aromatic rings. The third-order valence-corrected chi connectivity index (χ3v) is 6.83. The molecule has 0 saturated carbocycles. The monoisotopic (exact) mass is 488 g/mol. The van der Waals surface area contributed by atoms with Gasteiger partial charge < -0.3 is 26.7 Å². The molecule has 172 valence electrons. The zero-order valence-corrected chi connectivity index (χ0v) is 18.8. The van der Waals surface area contributed by atoms with E-state index in [1.165, 1.54) is 22.7 Å². The molecule has 1 unspecified atom stereocenters. The van der Waals surface area contributed by atoms with Crippen molar-refractivity contribution in [3.8, 4) is 0 Å². The van der Waals surface area contributed by atoms with Crippen LogP contribution < -0.4 is 16.8 Å². The van der Waals surface area contributed by atoms with E-state index in [0.717, 1.165) is 22.5 Å². The van der Waals surface area contributed by atoms with Crippen LogP contribution in [-0.2, 0) is 32.4 Å². The number of thioether (sulfide) groups is 1. The van der Waals surface area contributed by atoms with Crippen LogP contribution in [0.2, 0.25) is 0 Å². The summed E-state index contributed by atoms with van der Waals surface area (Å²) in [6.45, 7) is 0.526. The van der Waals surface area contributed by atoms with E-state index in [2.05, 4.69) is 15.5 Å². The molecule has 6 N–H and O–H groups in total. The number of β-lactam (4-membered cyclic amide) rings is 1. The van der Waals surface area contributed by atoms with Crippen molar-refractivity contribution in [1.82, 2.24) is 15.2 Å². The number of carboxylic acid groups (broad SMARTS) is 1. The molecule has 4 rings (SSSR count). The van der Waals surface area contributed by atoms with Gasteiger partial charge in [0.05, 0.1) is 0 Å². The minimum absolute atomic E-state index is 0.0839. The second kappa shape index (κ2) is 9.60. The lowest BCUT2D eigenvalue weighted by Gasteiger charge is -2.48. The summed E-state index contributed by atoms with van der Waals surface area (Å²) in [7, 11) is 0. The van der Waals surface area contributed by atoms with Crippen LogP contribution in [-0.4, -0.2) is 55.7 Å². The molecular formula is C20H20N6O5S2. The van der Waals surface area contributed by atoms with Gasteiger partial charge in [0, 0.05) is 17.7 Å². The van der Waals surface area contributed by atoms with Crippen LogP contribution in [0.3, 0.4) is 0 Å². The Bertz CT molecular complexity index is 1150. The van der Waals surface area contributed by atoms with E-state index in [1.807, 2.05) is 24.3 Å². The molecule has 0 spiro atoms. The first-order valence-corrected chi connectivity index (χ1v) is 11.7. The van der Waals surface area contributed by atoms with Gasteiger partial charge in [0.1, 0.15) is 29.4 Å². The minimum Gasteiger partial charge on any atom is -0.477 e. The van der Waals surface area contributed by atoms with Crippen molar-refractivity contribution >= 4 is 51.7 Å². The molecule has 2 atom stereocenters. The van der Waals surface area contributed by atoms with Gasteiger partial charge in [-0.2, -0.15) is 0 Å². The molecule has 0 bridgehead atoms. The van der Waals surface area contributed by atoms with Crippen LogP contribution in [0.25, 0.3) is 0 Å². The van der Waals surface area contributed by atoms with Gasteiger partial charge in [-0.15, -0.1) is 23.1 Å². The summed E-state index contributed by atoms with van der Waals surface area (Å²) in [5.74, 6) is -1.96. The molecule has 1 fully saturated rings. The quantitative estimate of drug-likeness (QED) is 0.234. The maximum Gasteiger partial charge on any atom is 0.352 e. The first kappa shape index (κ1) is 22.8. The van der Waals surface area contributed by atoms with Crippen molar-refractivity contribution in [2.24, 2.45) is 10.9 Å². The summed E-state index contributed by atoms with van der Waals surface area (Å²) < 4.78 is 0. The summed E-state index contributed by atoms with van der Waals surface area (Å²) in [4.78, 5) is 47.5. The second-order valence-corrected chi connectivity index (χ2v) is 9.12. The molecule has 0 radical (unpaired) electrons. The smallest absolute Gasteiger partial charge is 0.352 e. The van der Waals surface area contributed by atoms with Gasteiger partial charge in [-0.05, 0) is 17.2 Å². The molecule has 1 saturated heterocycles. The van der Waals surface area contributed by atoms with Gasteiger partial charge in [0.25, 0.3) is 11.8 Å². The lowest BCUT2D eigenvalue weighted by atomic mass is 10.0. The molecule has 2 aliphatic heterocycles. The van der Waals surface area contributed by atoms with Crippen molar-refractivity contribution in [2.75, 3.05) is 11.5 Å². The van der Waals surface area contributed by atoms with E-state index < -0.39 is 29.2 Å². The number of carboxylic acids is 1. The summed E-state index contributed by atoms with van der Waals surface area (Å²) in [5, 5.41) is 17.2. The van der Waals surface area contributed by atoms with Gasteiger partial charge in [-0.3, -0.25) is 14.5 Å². The van der Waals surface area contributed by atoms with Crippen LogP contribution in [0, 0.1) is 0 Å². The zero-order chi connectivity index (χ0) is 23.5. The number of aliphatic carboxylic acids is 1. The molecule has 33 heavy (non-hydrogen) atoms. The standard InChI is InChI=1S/C20H20N6O5S2/c21-7-10-1-3-11(4-2-10)8-31-25-14(12-9-33-20(22)23-12)16(27)24-15-17(28)26-13(19(29)30)5-6-32-18(15)26/h1-5,9,15,18H,6-8,21H2,(H2,22,23)(H,24,27)(H,29,30)/t15?,18-/m0/s1. The van der Waals surface area contributed by atoms with Crippen LogP contribution in [0.4, 0.5) is 5.13 Å². The summed E-state index contributed by atoms with van der Waals surface area (Å²) in [5.41, 5.74) is 13.1. The first-order chi connectivity index (χ1) is 15.9. The minimum atomic E-state index is -1.19. The number of nitrogens with zero attached hydrogens (tertiary/aromatic N) is 3. The number of aromatic nitrogens is 1. The number of hydrogen-bond donors (Lipinski definition) is 4. The van der Waals surface area contributed by atoms with Gasteiger partial charge >= 0.3 is 5.97 Å². The predicted molar refractivity (Wildman–Crippen MR) is 123 cm³/mol. The summed E-state index contributed by atoms with van der Waals surface area (Å²) in [6, 6.07) is 6.52. The number of benzene rings is 1. The van der Waals surface area contributed by atoms with E-state index in [1.54, 1.807) is 5.38 Å². The highest BCUT2D eigenvalue weighted by Gasteiger charge is 2.53. The number of hydrogen-bond acceptors (Lipinski definition) is 10. The summed E-state index contributed by atoms with van der Waals surface area (Å²) >= 11 is 2.49. The molecular weight excluding hydrogens is 468 g/mol. The number of nitrogens with two attached hydrogens (primary N) is 2. The number of carbonyl (C=O) groups is 3. The van der Waals surface area contributed by atoms with Crippen LogP contribution in [0.15, 0.2) is 46.6 Å². The van der Waals surface area contributed by atoms with E-state index in [9.17, 15) is 19.5 Å². The highest BCUT2D eigenvalue weighted by molar-refractivity contribution is 8.00. The van der Waals surface area contributed by atoms with Crippen LogP contribution in [0.1, 0.15) is 16.8 Å². The number of anilines is 1. The lowest BCUT2D eigenvalue weighted by molar-refractivity contribution is -0.150. The fourth-order valence-electron chi connectivity index (χ4n) is 3.29. The van der Waals surface area contributed by atoms with Gasteiger partial charge in [-0.1, -0.05) is 29.4 Å². The molecule has 2 aliphatic rings. The SMILES string of the molecule is NCc1ccc(CON=C(C(=O)NC2C(=O)N3C(C(=O)O)=CCS[C@@H]23)c2csc(N)n2)cc1. The van der Waals surface area contributed by atoms with Crippen molar-refractivity contribution in [1.29, 1.82) is 0 Å². The second-order valence-electron chi connectivity index (χ2n) is 7.08. The largest absolute Gasteiger partial charge is 0.477 e. The maximum absolute atomic E-state index is 13.0. The van der Waals surface area contributed by atoms with Gasteiger partial charge in [0.2, 0.25) is 0 Å². The predicted octanol–water partition coefficient (Wildman–Crippen LogP) is 0.473. The van der Waals surface area contributed by atoms with E-state index >= 15 is 0 Å². The average Bonchev–Trinajstić information content (AvgIpc) is 3.25. The fraction of sp³-hybridized carbons (Fsp3) is 0.250. The highest BCUT2D eigenvalue weighted by atomic mass is 32.2. The molecule has 11 nitrogen and oxygen atoms in total. The zero-order valence-electron chi connectivity index (χ0n) is 17.1. The Balaban J connectivity index is 1.47. The maximum atomic E-state index is 13.0. The van der Waals surface area contributed by atoms with E-state index in [0.29, 0.717) is 12.3 Å². The van der Waals surface area contributed by atoms with E-state index in [4.69, 9.17) is 16.3 Å². The van der Waals surface area contributed by atoms with Crippen molar-refractivity contribution < 1.29 is 24.3 Å². The van der Waals surface area contributed by atoms with E-state index in [-0.39, 0.29) is 28.8 Å². The molecule has 3 heterocycles. The Morgan fingerprint density at radius 3 is 2.67 bits per heavy atom. The normalized spacial score (nSPS) is 19.9. The third-order valence-electron chi connectivity index (χ3n) is 4.98. The Labute approximate surface area is 196 Å². The topological polar surface area (TPSA) is 173 Å². The highest BCUT2D eigenvalue weighted by Crippen LogP contribution is 2.37. The third kappa shape index (κ3) is 4.69. The first-order valence-electron chi connectivity index (χ1n) is 9.77. The molecule has 2 amide bonds. The number of amides is 2. The number of oxime groups is 1. The molecule has 1 aromatic heterocycles. The van der Waals surface area contributed by atoms with Crippen LogP contribution >= 0.6 is 23.1 Å². The summed E-state index contributed by atoms with van der Waals surface area (Å²) in [6.07, 6.45) is 1.47. The van der Waals surface area contributed by atoms with Crippen molar-refractivity contribution in [2.45, 2.75) is 24.6 Å². The average molecular weight is 489 g/mol. The Hall–Kier alpha value is -3.42. The Morgan fingerprint density at radius 1 is 1.30 bits per heavy atom. The van der Waals surface area contributed by atoms with Crippen LogP contribution in [0.5, 0.6) is 0 Å². The molecule has 13 heteroatoms. The molecule has 0 aliphatic carbocycles. The van der Waals surface area contributed by atoms with Gasteiger partial charge in [-0.25, -0.2) is 9.78 Å². The Kier molecular flexibility index (Phi) is 6.62. The Morgan fingerprint density at radius 2 is 2.03 bits per heavy atom. The molecule has 1 aromatic carbocycles. The number of nitrogens with one attached hydrogen (secondary N) is 1. The lowest BCUT2D eigenvalue weighted by Crippen LogP contribution is -2.70. The van der Waals surface area contributed by atoms with Crippen molar-refractivity contribution in [3.63, 3.8) is 0 Å². The number of thiazole rings is 1. The number of fused-ring (bicyclic) bond motifs is 1. The number of rotatable bonds is 8. The fourth-order valence-corrected chi connectivity index (χ4v) is 5.03. The van der Waals surface area contributed by atoms with Gasteiger partial charge in [0.15, 0.2) is 10.8 Å². The number of nitrogen functional groups attached to an aromatic ring is 1. The van der Waals surface area contributed by atoms with Crippen molar-refractivity contribution in [3.05, 3.63) is 58.2 Å².